The van der Waals surface area contributed by atoms with Crippen LogP contribution in [0.1, 0.15) is 48.4 Å². The van der Waals surface area contributed by atoms with Crippen LogP contribution in [0.15, 0.2) is 24.3 Å². The molecule has 3 heterocycles. The molecule has 3 aliphatic rings. The van der Waals surface area contributed by atoms with Crippen LogP contribution in [-0.4, -0.2) is 40.0 Å². The van der Waals surface area contributed by atoms with Gasteiger partial charge in [0.15, 0.2) is 0 Å². The van der Waals surface area contributed by atoms with Crippen LogP contribution in [-0.2, 0) is 9.47 Å². The summed E-state index contributed by atoms with van der Waals surface area (Å²) in [6.07, 6.45) is 0. The summed E-state index contributed by atoms with van der Waals surface area (Å²) >= 11 is 0. The Hall–Kier alpha value is -2.85. The van der Waals surface area contributed by atoms with Crippen LogP contribution < -0.4 is 20.7 Å². The number of hydrogen-bond acceptors (Lipinski definition) is 6. The summed E-state index contributed by atoms with van der Waals surface area (Å²) in [5, 5.41) is 4.44. The predicted molar refractivity (Wildman–Crippen MR) is 110 cm³/mol. The van der Waals surface area contributed by atoms with Crippen molar-refractivity contribution in [2.75, 3.05) is 0 Å². The van der Waals surface area contributed by atoms with Gasteiger partial charge >= 0.3 is 23.9 Å². The van der Waals surface area contributed by atoms with E-state index in [0.717, 1.165) is 26.8 Å². The monoisotopic (exact) mass is 422 g/mol. The maximum absolute atomic E-state index is 12.2. The first-order valence-electron chi connectivity index (χ1n) is 9.50. The Balaban J connectivity index is 1.88. The Bertz CT molecular complexity index is 1120. The zero-order valence-electron chi connectivity index (χ0n) is 16.5. The van der Waals surface area contributed by atoms with Crippen molar-refractivity contribution in [1.82, 2.24) is 0 Å². The normalized spacial score (nSPS) is 19.9. The molecule has 3 aliphatic heterocycles. The molecule has 0 radical (unpaired) electrons. The zero-order chi connectivity index (χ0) is 20.9. The summed E-state index contributed by atoms with van der Waals surface area (Å²) in [6.45, 7) is 8.64. The lowest BCUT2D eigenvalue weighted by Gasteiger charge is -2.43. The van der Waals surface area contributed by atoms with E-state index in [9.17, 15) is 19.2 Å². The first-order chi connectivity index (χ1) is 13.6. The van der Waals surface area contributed by atoms with E-state index in [2.05, 4.69) is 26.6 Å². The van der Waals surface area contributed by atoms with Gasteiger partial charge in [-0.2, -0.15) is 0 Å². The second kappa shape index (κ2) is 5.40. The third-order valence-corrected chi connectivity index (χ3v) is 15.4. The minimum Gasteiger partial charge on any atom is -0.386 e. The van der Waals surface area contributed by atoms with Crippen molar-refractivity contribution in [3.8, 4) is 0 Å². The number of esters is 4. The van der Waals surface area contributed by atoms with E-state index in [4.69, 9.17) is 9.47 Å². The summed E-state index contributed by atoms with van der Waals surface area (Å²) in [5.74, 6) is -2.42. The number of carbonyl (C=O) groups excluding carboxylic acids is 4. The molecule has 0 saturated heterocycles. The lowest BCUT2D eigenvalue weighted by Crippen LogP contribution is -2.79. The number of hydrogen-bond donors (Lipinski definition) is 0. The summed E-state index contributed by atoms with van der Waals surface area (Å²) < 4.78 is 9.68. The fraction of sp³-hybridized carbons (Fsp3) is 0.238. The maximum atomic E-state index is 12.2. The van der Waals surface area contributed by atoms with Gasteiger partial charge in [0, 0.05) is 0 Å². The Morgan fingerprint density at radius 1 is 0.621 bits per heavy atom. The smallest absolute Gasteiger partial charge is 0.346 e. The second-order valence-corrected chi connectivity index (χ2v) is 17.3. The number of carbonyl (C=O) groups is 4. The molecule has 5 rings (SSSR count). The topological polar surface area (TPSA) is 86.7 Å². The SMILES string of the molecule is CC[Si]1(C)c2cc3c(cc2[Si](C)(C)c2cc4c(cc21)C(=O)OC4=O)C(=O)OC3=O. The Morgan fingerprint density at radius 3 is 1.24 bits per heavy atom. The maximum Gasteiger partial charge on any atom is 0.346 e. The molecule has 29 heavy (non-hydrogen) atoms. The lowest BCUT2D eigenvalue weighted by atomic mass is 10.1. The van der Waals surface area contributed by atoms with Gasteiger partial charge in [-0.15, -0.1) is 0 Å². The van der Waals surface area contributed by atoms with Crippen LogP contribution >= 0.6 is 0 Å². The number of cyclic esters (lactones) is 4. The molecule has 0 unspecified atom stereocenters. The Labute approximate surface area is 168 Å². The molecular weight excluding hydrogens is 404 g/mol. The summed E-state index contributed by atoms with van der Waals surface area (Å²) in [5.41, 5.74) is 1.29. The average Bonchev–Trinajstić information content (AvgIpc) is 3.13. The van der Waals surface area contributed by atoms with Gasteiger partial charge in [-0.25, -0.2) is 19.2 Å². The van der Waals surface area contributed by atoms with Crippen LogP contribution in [0.5, 0.6) is 0 Å². The van der Waals surface area contributed by atoms with E-state index < -0.39 is 40.0 Å². The number of ether oxygens (including phenoxy) is 2. The standard InChI is InChI=1S/C21H18O6Si2/c1-5-29(4)16-8-12-10(18(22)26-20(12)24)6-14(16)28(2,3)15-7-11-13(9-17(15)29)21(25)27-19(11)23/h6-9H,5H2,1-4H3. The number of fused-ring (bicyclic) bond motifs is 4. The van der Waals surface area contributed by atoms with Crippen molar-refractivity contribution >= 4 is 60.8 Å². The quantitative estimate of drug-likeness (QED) is 0.381. The molecule has 0 atom stereocenters. The van der Waals surface area contributed by atoms with Crippen molar-refractivity contribution in [1.29, 1.82) is 0 Å². The van der Waals surface area contributed by atoms with Crippen molar-refractivity contribution in [2.45, 2.75) is 32.6 Å². The van der Waals surface area contributed by atoms with Crippen LogP contribution in [0.4, 0.5) is 0 Å². The van der Waals surface area contributed by atoms with Crippen molar-refractivity contribution in [3.63, 3.8) is 0 Å². The van der Waals surface area contributed by atoms with E-state index in [1.165, 1.54) is 0 Å². The first kappa shape index (κ1) is 18.2. The molecule has 2 aromatic rings. The van der Waals surface area contributed by atoms with Crippen LogP contribution in [0, 0.1) is 0 Å². The van der Waals surface area contributed by atoms with E-state index in [-0.39, 0.29) is 0 Å². The van der Waals surface area contributed by atoms with Gasteiger partial charge in [-0.3, -0.25) is 0 Å². The molecular formula is C21H18O6Si2. The van der Waals surface area contributed by atoms with Crippen LogP contribution in [0.3, 0.4) is 0 Å². The van der Waals surface area contributed by atoms with Gasteiger partial charge in [-0.05, 0) is 24.3 Å². The van der Waals surface area contributed by atoms with Gasteiger partial charge in [0.25, 0.3) is 0 Å². The summed E-state index contributed by atoms with van der Waals surface area (Å²) in [6, 6.07) is 8.22. The average molecular weight is 423 g/mol. The van der Waals surface area contributed by atoms with E-state index in [0.29, 0.717) is 22.3 Å². The highest BCUT2D eigenvalue weighted by Crippen LogP contribution is 2.27. The molecule has 0 aliphatic carbocycles. The lowest BCUT2D eigenvalue weighted by molar-refractivity contribution is 0.0425. The zero-order valence-corrected chi connectivity index (χ0v) is 18.5. The predicted octanol–water partition coefficient (Wildman–Crippen LogP) is 0.656. The molecule has 2 aromatic carbocycles. The van der Waals surface area contributed by atoms with Crippen molar-refractivity contribution < 1.29 is 28.7 Å². The Morgan fingerprint density at radius 2 is 0.931 bits per heavy atom. The summed E-state index contributed by atoms with van der Waals surface area (Å²) in [7, 11) is -4.66. The molecule has 0 fully saturated rings. The molecule has 0 aromatic heterocycles. The minimum absolute atomic E-state index is 0.320. The van der Waals surface area contributed by atoms with Gasteiger partial charge in [0.1, 0.15) is 16.1 Å². The summed E-state index contributed by atoms with van der Waals surface area (Å²) in [4.78, 5) is 48.7. The molecule has 146 valence electrons. The molecule has 6 nitrogen and oxygen atoms in total. The molecule has 0 amide bonds. The number of rotatable bonds is 1. The fourth-order valence-electron chi connectivity index (χ4n) is 4.88. The van der Waals surface area contributed by atoms with E-state index in [1.54, 1.807) is 0 Å². The minimum atomic E-state index is -2.33. The van der Waals surface area contributed by atoms with E-state index in [1.807, 2.05) is 24.3 Å². The van der Waals surface area contributed by atoms with Gasteiger partial charge in [0.05, 0.1) is 22.3 Å². The van der Waals surface area contributed by atoms with Gasteiger partial charge in [-0.1, -0.05) is 53.4 Å². The molecule has 0 N–H and O–H groups in total. The van der Waals surface area contributed by atoms with Crippen molar-refractivity contribution in [2.24, 2.45) is 0 Å². The van der Waals surface area contributed by atoms with Crippen LogP contribution in [0.2, 0.25) is 25.7 Å². The highest BCUT2D eigenvalue weighted by molar-refractivity contribution is 7.16. The highest BCUT2D eigenvalue weighted by Gasteiger charge is 2.49. The fourth-order valence-corrected chi connectivity index (χ4v) is 14.5. The van der Waals surface area contributed by atoms with Gasteiger partial charge < -0.3 is 9.47 Å². The van der Waals surface area contributed by atoms with Crippen LogP contribution in [0.25, 0.3) is 0 Å². The Kier molecular flexibility index (Phi) is 3.39. The largest absolute Gasteiger partial charge is 0.386 e. The van der Waals surface area contributed by atoms with Gasteiger partial charge in [0.2, 0.25) is 0 Å². The first-order valence-corrected chi connectivity index (χ1v) is 15.2. The molecule has 0 saturated carbocycles. The second-order valence-electron chi connectivity index (χ2n) is 8.55. The highest BCUT2D eigenvalue weighted by atomic mass is 28.3. The molecule has 0 spiro atoms. The van der Waals surface area contributed by atoms with E-state index >= 15 is 0 Å². The number of benzene rings is 2. The van der Waals surface area contributed by atoms with Crippen molar-refractivity contribution in [3.05, 3.63) is 46.5 Å². The molecule has 8 heteroatoms. The third kappa shape index (κ3) is 2.10. The third-order valence-electron chi connectivity index (χ3n) is 6.81. The molecule has 0 bridgehead atoms.